The lowest BCUT2D eigenvalue weighted by Crippen LogP contribution is -2.42. The number of nitrogens with one attached hydrogen (secondary N) is 1. The minimum atomic E-state index is 0.412. The van der Waals surface area contributed by atoms with Crippen LogP contribution in [-0.4, -0.2) is 30.6 Å². The molecule has 1 saturated heterocycles. The summed E-state index contributed by atoms with van der Waals surface area (Å²) in [4.78, 5) is 0. The van der Waals surface area contributed by atoms with Crippen LogP contribution in [0.1, 0.15) is 19.8 Å². The van der Waals surface area contributed by atoms with Crippen LogP contribution < -0.4 is 11.1 Å². The van der Waals surface area contributed by atoms with Crippen LogP contribution in [0.25, 0.3) is 0 Å². The molecule has 0 amide bonds. The van der Waals surface area contributed by atoms with E-state index in [1.807, 2.05) is 11.8 Å². The second kappa shape index (κ2) is 5.84. The molecule has 0 aromatic heterocycles. The average molecular weight is 188 g/mol. The summed E-state index contributed by atoms with van der Waals surface area (Å²) in [6.45, 7) is 4.63. The van der Waals surface area contributed by atoms with Crippen LogP contribution in [0.5, 0.6) is 0 Å². The van der Waals surface area contributed by atoms with E-state index in [9.17, 15) is 0 Å². The van der Waals surface area contributed by atoms with Gasteiger partial charge in [0, 0.05) is 11.8 Å². The molecule has 0 saturated carbocycles. The molecule has 2 nitrogen and oxygen atoms in total. The van der Waals surface area contributed by atoms with Gasteiger partial charge in [0.25, 0.3) is 0 Å². The SMILES string of the molecule is CCC(N)CSCCC1CNC1. The zero-order valence-electron chi connectivity index (χ0n) is 7.88. The first-order valence-corrected chi connectivity index (χ1v) is 6.02. The summed E-state index contributed by atoms with van der Waals surface area (Å²) in [5.74, 6) is 3.38. The number of hydrogen-bond acceptors (Lipinski definition) is 3. The molecule has 1 heterocycles. The minimum absolute atomic E-state index is 0.412. The highest BCUT2D eigenvalue weighted by atomic mass is 32.2. The third kappa shape index (κ3) is 3.78. The standard InChI is InChI=1S/C9H20N2S/c1-2-9(10)7-12-4-3-8-5-11-6-8/h8-9,11H,2-7,10H2,1H3. The molecule has 0 aliphatic carbocycles. The van der Waals surface area contributed by atoms with E-state index in [1.165, 1.54) is 25.3 Å². The van der Waals surface area contributed by atoms with E-state index in [-0.39, 0.29) is 0 Å². The Hall–Kier alpha value is 0.270. The lowest BCUT2D eigenvalue weighted by molar-refractivity contribution is 0.341. The quantitative estimate of drug-likeness (QED) is 0.612. The topological polar surface area (TPSA) is 38.0 Å². The van der Waals surface area contributed by atoms with E-state index in [2.05, 4.69) is 12.2 Å². The normalized spacial score (nSPS) is 20.5. The van der Waals surface area contributed by atoms with Gasteiger partial charge in [0.1, 0.15) is 0 Å². The molecular weight excluding hydrogens is 168 g/mol. The van der Waals surface area contributed by atoms with E-state index in [0.717, 1.165) is 18.1 Å². The van der Waals surface area contributed by atoms with Gasteiger partial charge in [-0.15, -0.1) is 0 Å². The summed E-state index contributed by atoms with van der Waals surface area (Å²) in [6, 6.07) is 0.412. The maximum atomic E-state index is 5.80. The summed E-state index contributed by atoms with van der Waals surface area (Å²) in [7, 11) is 0. The number of hydrogen-bond donors (Lipinski definition) is 2. The van der Waals surface area contributed by atoms with Gasteiger partial charge in [0.15, 0.2) is 0 Å². The molecule has 0 spiro atoms. The van der Waals surface area contributed by atoms with E-state index in [0.29, 0.717) is 6.04 Å². The van der Waals surface area contributed by atoms with Crippen molar-refractivity contribution in [1.29, 1.82) is 0 Å². The molecule has 0 radical (unpaired) electrons. The molecule has 0 bridgehead atoms. The van der Waals surface area contributed by atoms with Crippen molar-refractivity contribution in [2.24, 2.45) is 11.7 Å². The lowest BCUT2D eigenvalue weighted by Gasteiger charge is -2.26. The molecule has 1 unspecified atom stereocenters. The van der Waals surface area contributed by atoms with Crippen LogP contribution in [0.15, 0.2) is 0 Å². The number of nitrogens with two attached hydrogens (primary N) is 1. The first-order valence-electron chi connectivity index (χ1n) is 4.87. The van der Waals surface area contributed by atoms with E-state index < -0.39 is 0 Å². The van der Waals surface area contributed by atoms with E-state index in [1.54, 1.807) is 0 Å². The Labute approximate surface area is 79.7 Å². The second-order valence-corrected chi connectivity index (χ2v) is 4.71. The summed E-state index contributed by atoms with van der Waals surface area (Å²) in [5, 5.41) is 3.29. The van der Waals surface area contributed by atoms with Gasteiger partial charge in [0.2, 0.25) is 0 Å². The molecule has 12 heavy (non-hydrogen) atoms. The van der Waals surface area contributed by atoms with Crippen LogP contribution in [0.2, 0.25) is 0 Å². The highest BCUT2D eigenvalue weighted by Crippen LogP contribution is 2.13. The van der Waals surface area contributed by atoms with Crippen molar-refractivity contribution in [2.45, 2.75) is 25.8 Å². The first kappa shape index (κ1) is 10.4. The maximum absolute atomic E-state index is 5.80. The van der Waals surface area contributed by atoms with Crippen molar-refractivity contribution >= 4 is 11.8 Å². The Morgan fingerprint density at radius 3 is 2.83 bits per heavy atom. The predicted molar refractivity (Wildman–Crippen MR) is 56.6 cm³/mol. The van der Waals surface area contributed by atoms with Crippen molar-refractivity contribution in [3.63, 3.8) is 0 Å². The van der Waals surface area contributed by atoms with Crippen LogP contribution in [0.4, 0.5) is 0 Å². The Morgan fingerprint density at radius 2 is 2.33 bits per heavy atom. The van der Waals surface area contributed by atoms with Crippen LogP contribution in [0.3, 0.4) is 0 Å². The summed E-state index contributed by atoms with van der Waals surface area (Å²) in [5.41, 5.74) is 5.80. The summed E-state index contributed by atoms with van der Waals surface area (Å²) >= 11 is 2.01. The van der Waals surface area contributed by atoms with Gasteiger partial charge in [-0.2, -0.15) is 11.8 Å². The first-order chi connectivity index (χ1) is 5.83. The molecule has 3 N–H and O–H groups in total. The van der Waals surface area contributed by atoms with Gasteiger partial charge in [-0.05, 0) is 37.6 Å². The number of rotatable bonds is 6. The molecule has 72 valence electrons. The van der Waals surface area contributed by atoms with Crippen molar-refractivity contribution in [1.82, 2.24) is 5.32 Å². The zero-order chi connectivity index (χ0) is 8.81. The van der Waals surface area contributed by atoms with Crippen LogP contribution in [-0.2, 0) is 0 Å². The molecule has 0 aromatic rings. The van der Waals surface area contributed by atoms with E-state index in [4.69, 9.17) is 5.73 Å². The Balaban J connectivity index is 1.82. The van der Waals surface area contributed by atoms with Gasteiger partial charge < -0.3 is 11.1 Å². The third-order valence-corrected chi connectivity index (χ3v) is 3.58. The zero-order valence-corrected chi connectivity index (χ0v) is 8.70. The van der Waals surface area contributed by atoms with Gasteiger partial charge in [-0.25, -0.2) is 0 Å². The smallest absolute Gasteiger partial charge is 0.0127 e. The Kier molecular flexibility index (Phi) is 5.04. The molecular formula is C9H20N2S. The minimum Gasteiger partial charge on any atom is -0.327 e. The van der Waals surface area contributed by atoms with Crippen LogP contribution >= 0.6 is 11.8 Å². The van der Waals surface area contributed by atoms with Crippen LogP contribution in [0, 0.1) is 5.92 Å². The molecule has 1 atom stereocenters. The van der Waals surface area contributed by atoms with Crippen molar-refractivity contribution in [2.75, 3.05) is 24.6 Å². The fourth-order valence-electron chi connectivity index (χ4n) is 1.16. The lowest BCUT2D eigenvalue weighted by atomic mass is 10.0. The van der Waals surface area contributed by atoms with Crippen molar-refractivity contribution < 1.29 is 0 Å². The van der Waals surface area contributed by atoms with Crippen molar-refractivity contribution in [3.05, 3.63) is 0 Å². The van der Waals surface area contributed by atoms with Gasteiger partial charge in [0.05, 0.1) is 0 Å². The molecule has 1 rings (SSSR count). The molecule has 1 aliphatic heterocycles. The van der Waals surface area contributed by atoms with Gasteiger partial charge in [-0.3, -0.25) is 0 Å². The van der Waals surface area contributed by atoms with Gasteiger partial charge in [-0.1, -0.05) is 6.92 Å². The predicted octanol–water partition coefficient (Wildman–Crippen LogP) is 1.07. The van der Waals surface area contributed by atoms with E-state index >= 15 is 0 Å². The third-order valence-electron chi connectivity index (χ3n) is 2.39. The maximum Gasteiger partial charge on any atom is 0.0127 e. The Morgan fingerprint density at radius 1 is 1.58 bits per heavy atom. The fourth-order valence-corrected chi connectivity index (χ4v) is 2.36. The molecule has 0 aromatic carbocycles. The van der Waals surface area contributed by atoms with Crippen molar-refractivity contribution in [3.8, 4) is 0 Å². The van der Waals surface area contributed by atoms with Gasteiger partial charge >= 0.3 is 0 Å². The largest absolute Gasteiger partial charge is 0.327 e. The monoisotopic (exact) mass is 188 g/mol. The highest BCUT2D eigenvalue weighted by molar-refractivity contribution is 7.99. The average Bonchev–Trinajstić information content (AvgIpc) is 2.00. The highest BCUT2D eigenvalue weighted by Gasteiger charge is 2.15. The Bertz CT molecular complexity index is 108. The fraction of sp³-hybridized carbons (Fsp3) is 1.00. The summed E-state index contributed by atoms with van der Waals surface area (Å²) in [6.07, 6.45) is 2.48. The molecule has 1 fully saturated rings. The summed E-state index contributed by atoms with van der Waals surface area (Å²) < 4.78 is 0. The number of thioether (sulfide) groups is 1. The molecule has 3 heteroatoms. The second-order valence-electron chi connectivity index (χ2n) is 3.56. The molecule has 1 aliphatic rings.